The molecule has 0 unspecified atom stereocenters. The van der Waals surface area contributed by atoms with Crippen LogP contribution in [0.5, 0.6) is 0 Å². The van der Waals surface area contributed by atoms with E-state index < -0.39 is 18.2 Å². The lowest BCUT2D eigenvalue weighted by Gasteiger charge is -2.20. The zero-order valence-corrected chi connectivity index (χ0v) is 25.4. The fourth-order valence-electron chi connectivity index (χ4n) is 5.66. The van der Waals surface area contributed by atoms with Gasteiger partial charge in [0.05, 0.1) is 18.8 Å². The van der Waals surface area contributed by atoms with Gasteiger partial charge in [0, 0.05) is 0 Å². The molecular formula is C33H65NO4. The summed E-state index contributed by atoms with van der Waals surface area (Å²) in [6, 6.07) is -0.406. The molecule has 5 heteroatoms. The minimum atomic E-state index is -0.990. The number of carbonyl (C=O) groups excluding carboxylic acids is 1. The Morgan fingerprint density at radius 2 is 1.08 bits per heavy atom. The first-order valence-corrected chi connectivity index (χ1v) is 16.9. The van der Waals surface area contributed by atoms with Crippen LogP contribution in [-0.2, 0) is 9.53 Å². The van der Waals surface area contributed by atoms with E-state index in [1.807, 2.05) is 0 Å². The van der Waals surface area contributed by atoms with Crippen molar-refractivity contribution in [2.45, 2.75) is 199 Å². The second kappa shape index (κ2) is 25.3. The minimum absolute atomic E-state index is 0.201. The fourth-order valence-corrected chi connectivity index (χ4v) is 5.66. The third-order valence-corrected chi connectivity index (χ3v) is 8.34. The standard InChI is InChI=1S/C33H65NO4/c1-3-5-7-9-11-13-15-16-17-18-20-22-24-26-30(35)33(37)34-29-28-38-31(32(29)36)27-25-23-21-19-14-12-10-8-6-4-2/h29-32,35-36H,3-28H2,1-2H3,(H,34,37)/t29-,30+,31+,32-/m0/s1. The first-order valence-electron chi connectivity index (χ1n) is 16.9. The molecule has 4 atom stereocenters. The van der Waals surface area contributed by atoms with E-state index in [4.69, 9.17) is 4.74 Å². The van der Waals surface area contributed by atoms with Gasteiger partial charge >= 0.3 is 0 Å². The van der Waals surface area contributed by atoms with E-state index >= 15 is 0 Å². The maximum Gasteiger partial charge on any atom is 0.249 e. The van der Waals surface area contributed by atoms with Gasteiger partial charge in [0.15, 0.2) is 0 Å². The molecule has 1 rings (SSSR count). The highest BCUT2D eigenvalue weighted by Crippen LogP contribution is 2.21. The van der Waals surface area contributed by atoms with E-state index in [0.717, 1.165) is 25.7 Å². The maximum atomic E-state index is 12.4. The summed E-state index contributed by atoms with van der Waals surface area (Å²) < 4.78 is 5.78. The Bertz CT molecular complexity index is 529. The van der Waals surface area contributed by atoms with Crippen molar-refractivity contribution in [3.05, 3.63) is 0 Å². The second-order valence-corrected chi connectivity index (χ2v) is 12.0. The highest BCUT2D eigenvalue weighted by Gasteiger charge is 2.37. The van der Waals surface area contributed by atoms with Gasteiger partial charge in [-0.25, -0.2) is 0 Å². The number of aliphatic hydroxyl groups excluding tert-OH is 2. The summed E-state index contributed by atoms with van der Waals surface area (Å²) >= 11 is 0. The van der Waals surface area contributed by atoms with E-state index in [2.05, 4.69) is 19.2 Å². The largest absolute Gasteiger partial charge is 0.388 e. The summed E-state index contributed by atoms with van der Waals surface area (Å²) in [5.41, 5.74) is 0. The van der Waals surface area contributed by atoms with Crippen LogP contribution in [-0.4, -0.2) is 47.1 Å². The number of unbranched alkanes of at least 4 members (excludes halogenated alkanes) is 21. The van der Waals surface area contributed by atoms with Crippen LogP contribution in [0.25, 0.3) is 0 Å². The minimum Gasteiger partial charge on any atom is -0.388 e. The number of rotatable bonds is 27. The molecule has 0 spiro atoms. The number of ether oxygens (including phenoxy) is 1. The molecule has 1 amide bonds. The first-order chi connectivity index (χ1) is 18.6. The summed E-state index contributed by atoms with van der Waals surface area (Å²) in [4.78, 5) is 12.4. The molecule has 0 aliphatic carbocycles. The normalized spacial score (nSPS) is 20.2. The van der Waals surface area contributed by atoms with E-state index in [0.29, 0.717) is 13.0 Å². The Hall–Kier alpha value is -0.650. The van der Waals surface area contributed by atoms with Gasteiger partial charge in [0.25, 0.3) is 0 Å². The van der Waals surface area contributed by atoms with Crippen molar-refractivity contribution < 1.29 is 19.7 Å². The molecule has 1 saturated heterocycles. The average molecular weight is 540 g/mol. The molecule has 5 nitrogen and oxygen atoms in total. The average Bonchev–Trinajstić information content (AvgIpc) is 3.26. The highest BCUT2D eigenvalue weighted by atomic mass is 16.5. The smallest absolute Gasteiger partial charge is 0.249 e. The van der Waals surface area contributed by atoms with Gasteiger partial charge < -0.3 is 20.3 Å². The van der Waals surface area contributed by atoms with Crippen molar-refractivity contribution >= 4 is 5.91 Å². The Kier molecular flexibility index (Phi) is 23.6. The van der Waals surface area contributed by atoms with E-state index in [9.17, 15) is 15.0 Å². The number of amides is 1. The van der Waals surface area contributed by atoms with Crippen LogP contribution in [0.3, 0.4) is 0 Å². The molecule has 226 valence electrons. The first kappa shape index (κ1) is 35.4. The molecule has 1 aliphatic heterocycles. The van der Waals surface area contributed by atoms with Crippen LogP contribution < -0.4 is 5.32 Å². The lowest BCUT2D eigenvalue weighted by Crippen LogP contribution is -2.48. The summed E-state index contributed by atoms with van der Waals surface area (Å²) in [5, 5.41) is 23.7. The number of nitrogens with one attached hydrogen (secondary N) is 1. The van der Waals surface area contributed by atoms with Crippen LogP contribution in [0.1, 0.15) is 174 Å². The third-order valence-electron chi connectivity index (χ3n) is 8.34. The zero-order chi connectivity index (χ0) is 27.7. The summed E-state index contributed by atoms with van der Waals surface area (Å²) in [7, 11) is 0. The summed E-state index contributed by atoms with van der Waals surface area (Å²) in [6.07, 6.45) is 29.0. The fraction of sp³-hybridized carbons (Fsp3) is 0.970. The van der Waals surface area contributed by atoms with Crippen LogP contribution in [0.4, 0.5) is 0 Å². The third kappa shape index (κ3) is 18.6. The molecule has 0 aromatic carbocycles. The van der Waals surface area contributed by atoms with Crippen molar-refractivity contribution in [3.63, 3.8) is 0 Å². The van der Waals surface area contributed by atoms with Crippen LogP contribution >= 0.6 is 0 Å². The monoisotopic (exact) mass is 539 g/mol. The molecule has 1 heterocycles. The molecule has 0 saturated carbocycles. The Morgan fingerprint density at radius 3 is 1.53 bits per heavy atom. The van der Waals surface area contributed by atoms with Crippen molar-refractivity contribution in [3.8, 4) is 0 Å². The van der Waals surface area contributed by atoms with Crippen LogP contribution in [0, 0.1) is 0 Å². The number of hydrogen-bond acceptors (Lipinski definition) is 4. The maximum absolute atomic E-state index is 12.4. The van der Waals surface area contributed by atoms with E-state index in [1.165, 1.54) is 128 Å². The predicted molar refractivity (Wildman–Crippen MR) is 160 cm³/mol. The summed E-state index contributed by atoms with van der Waals surface area (Å²) in [6.45, 7) is 4.85. The SMILES string of the molecule is CCCCCCCCCCCCCCC[C@@H](O)C(=O)N[C@H]1CO[C@H](CCCCCCCCCCCC)[C@H]1O. The topological polar surface area (TPSA) is 78.8 Å². The highest BCUT2D eigenvalue weighted by molar-refractivity contribution is 5.80. The molecule has 0 radical (unpaired) electrons. The Morgan fingerprint density at radius 1 is 0.684 bits per heavy atom. The lowest BCUT2D eigenvalue weighted by molar-refractivity contribution is -0.131. The quantitative estimate of drug-likeness (QED) is 0.0916. The zero-order valence-electron chi connectivity index (χ0n) is 25.4. The van der Waals surface area contributed by atoms with Gasteiger partial charge in [0.1, 0.15) is 12.2 Å². The van der Waals surface area contributed by atoms with Gasteiger partial charge in [-0.15, -0.1) is 0 Å². The lowest BCUT2D eigenvalue weighted by atomic mass is 10.0. The van der Waals surface area contributed by atoms with E-state index in [-0.39, 0.29) is 12.0 Å². The molecule has 38 heavy (non-hydrogen) atoms. The second-order valence-electron chi connectivity index (χ2n) is 12.0. The van der Waals surface area contributed by atoms with Gasteiger partial charge in [-0.3, -0.25) is 4.79 Å². The van der Waals surface area contributed by atoms with Gasteiger partial charge in [-0.1, -0.05) is 162 Å². The molecule has 3 N–H and O–H groups in total. The number of hydrogen-bond donors (Lipinski definition) is 3. The Balaban J connectivity index is 1.97. The molecule has 0 aromatic heterocycles. The Labute approximate surface area is 236 Å². The van der Waals surface area contributed by atoms with Crippen LogP contribution in [0.15, 0.2) is 0 Å². The summed E-state index contributed by atoms with van der Waals surface area (Å²) in [5.74, 6) is -0.365. The molecule has 1 fully saturated rings. The molecule has 0 aromatic rings. The predicted octanol–water partition coefficient (Wildman–Crippen LogP) is 8.38. The van der Waals surface area contributed by atoms with Crippen molar-refractivity contribution in [2.24, 2.45) is 0 Å². The number of carbonyl (C=O) groups is 1. The van der Waals surface area contributed by atoms with Crippen molar-refractivity contribution in [1.82, 2.24) is 5.32 Å². The van der Waals surface area contributed by atoms with Gasteiger partial charge in [0.2, 0.25) is 5.91 Å². The molecular weight excluding hydrogens is 474 g/mol. The van der Waals surface area contributed by atoms with E-state index in [1.54, 1.807) is 0 Å². The van der Waals surface area contributed by atoms with Crippen LogP contribution in [0.2, 0.25) is 0 Å². The molecule has 0 bridgehead atoms. The van der Waals surface area contributed by atoms with Crippen molar-refractivity contribution in [2.75, 3.05) is 6.61 Å². The van der Waals surface area contributed by atoms with Crippen molar-refractivity contribution in [1.29, 1.82) is 0 Å². The molecule has 1 aliphatic rings. The number of aliphatic hydroxyl groups is 2. The van der Waals surface area contributed by atoms with Gasteiger partial charge in [-0.05, 0) is 12.8 Å². The van der Waals surface area contributed by atoms with Gasteiger partial charge in [-0.2, -0.15) is 0 Å².